The van der Waals surface area contributed by atoms with Gasteiger partial charge in [0.2, 0.25) is 5.91 Å². The molecule has 0 radical (unpaired) electrons. The summed E-state index contributed by atoms with van der Waals surface area (Å²) in [4.78, 5) is 27.2. The van der Waals surface area contributed by atoms with Crippen molar-refractivity contribution >= 4 is 17.6 Å². The molecule has 2 N–H and O–H groups in total. The van der Waals surface area contributed by atoms with Gasteiger partial charge in [-0.15, -0.1) is 10.2 Å². The molecule has 7 heteroatoms. The van der Waals surface area contributed by atoms with Crippen LogP contribution in [0.2, 0.25) is 0 Å². The average Bonchev–Trinajstić information content (AvgIpc) is 3.02. The number of anilines is 1. The Morgan fingerprint density at radius 2 is 2.00 bits per heavy atom. The molecule has 0 bridgehead atoms. The Labute approximate surface area is 129 Å². The van der Waals surface area contributed by atoms with Crippen LogP contribution in [0.15, 0.2) is 12.1 Å². The largest absolute Gasteiger partial charge is 0.364 e. The Morgan fingerprint density at radius 1 is 1.23 bits per heavy atom. The van der Waals surface area contributed by atoms with E-state index in [0.717, 1.165) is 13.1 Å². The second-order valence-electron chi connectivity index (χ2n) is 6.05. The molecule has 118 valence electrons. The van der Waals surface area contributed by atoms with Gasteiger partial charge in [0.05, 0.1) is 6.54 Å². The molecule has 1 aliphatic heterocycles. The highest BCUT2D eigenvalue weighted by atomic mass is 16.2. The molecule has 7 nitrogen and oxygen atoms in total. The first-order chi connectivity index (χ1) is 10.6. The summed E-state index contributed by atoms with van der Waals surface area (Å²) in [6.07, 6.45) is 5.07. The molecule has 2 fully saturated rings. The smallest absolute Gasteiger partial charge is 0.269 e. The highest BCUT2D eigenvalue weighted by Crippen LogP contribution is 2.26. The van der Waals surface area contributed by atoms with Gasteiger partial charge in [-0.1, -0.05) is 12.8 Å². The topological polar surface area (TPSA) is 92.4 Å². The van der Waals surface area contributed by atoms with E-state index in [4.69, 9.17) is 5.73 Å². The number of aromatic nitrogens is 2. The summed E-state index contributed by atoms with van der Waals surface area (Å²) < 4.78 is 0. The Kier molecular flexibility index (Phi) is 4.22. The third-order valence-electron chi connectivity index (χ3n) is 4.50. The summed E-state index contributed by atoms with van der Waals surface area (Å²) in [5, 5.41) is 7.78. The fourth-order valence-corrected chi connectivity index (χ4v) is 3.23. The SMILES string of the molecule is NC(=O)c1ccc(N2CCN(CC3CCCC3)C(=O)C2)nn1. The van der Waals surface area contributed by atoms with Crippen LogP contribution < -0.4 is 10.6 Å². The highest BCUT2D eigenvalue weighted by Gasteiger charge is 2.28. The number of nitrogens with two attached hydrogens (primary N) is 1. The number of carbonyl (C=O) groups excluding carboxylic acids is 2. The van der Waals surface area contributed by atoms with Gasteiger partial charge in [-0.2, -0.15) is 0 Å². The van der Waals surface area contributed by atoms with Gasteiger partial charge in [0.1, 0.15) is 0 Å². The van der Waals surface area contributed by atoms with Crippen LogP contribution in [-0.4, -0.2) is 53.1 Å². The van der Waals surface area contributed by atoms with Crippen LogP contribution in [-0.2, 0) is 4.79 Å². The van der Waals surface area contributed by atoms with Crippen molar-refractivity contribution in [1.82, 2.24) is 15.1 Å². The van der Waals surface area contributed by atoms with E-state index in [0.29, 0.717) is 24.8 Å². The first-order valence-corrected chi connectivity index (χ1v) is 7.80. The Bertz CT molecular complexity index is 554. The van der Waals surface area contributed by atoms with Gasteiger partial charge >= 0.3 is 0 Å². The third kappa shape index (κ3) is 3.18. The van der Waals surface area contributed by atoms with E-state index in [9.17, 15) is 9.59 Å². The van der Waals surface area contributed by atoms with Crippen LogP contribution in [0.3, 0.4) is 0 Å². The molecular weight excluding hydrogens is 282 g/mol. The van der Waals surface area contributed by atoms with E-state index in [-0.39, 0.29) is 11.6 Å². The molecule has 2 heterocycles. The van der Waals surface area contributed by atoms with Crippen molar-refractivity contribution < 1.29 is 9.59 Å². The number of amides is 2. The lowest BCUT2D eigenvalue weighted by Crippen LogP contribution is -2.51. The third-order valence-corrected chi connectivity index (χ3v) is 4.50. The molecule has 1 aliphatic carbocycles. The first kappa shape index (κ1) is 14.7. The lowest BCUT2D eigenvalue weighted by atomic mass is 10.1. The quantitative estimate of drug-likeness (QED) is 0.870. The summed E-state index contributed by atoms with van der Waals surface area (Å²) in [5.41, 5.74) is 5.28. The van der Waals surface area contributed by atoms with E-state index in [1.54, 1.807) is 12.1 Å². The van der Waals surface area contributed by atoms with Crippen LogP contribution in [0.25, 0.3) is 0 Å². The zero-order chi connectivity index (χ0) is 15.5. The zero-order valence-corrected chi connectivity index (χ0v) is 12.6. The fraction of sp³-hybridized carbons (Fsp3) is 0.600. The van der Waals surface area contributed by atoms with Crippen molar-refractivity contribution in [2.24, 2.45) is 11.7 Å². The second kappa shape index (κ2) is 6.29. The number of hydrogen-bond acceptors (Lipinski definition) is 5. The van der Waals surface area contributed by atoms with E-state index in [1.165, 1.54) is 25.7 Å². The fourth-order valence-electron chi connectivity index (χ4n) is 3.23. The first-order valence-electron chi connectivity index (χ1n) is 7.80. The molecule has 22 heavy (non-hydrogen) atoms. The molecule has 1 aromatic rings. The van der Waals surface area contributed by atoms with Crippen LogP contribution in [0.5, 0.6) is 0 Å². The number of hydrogen-bond donors (Lipinski definition) is 1. The molecule has 0 aromatic carbocycles. The number of piperazine rings is 1. The van der Waals surface area contributed by atoms with Crippen LogP contribution in [0.4, 0.5) is 5.82 Å². The minimum absolute atomic E-state index is 0.134. The van der Waals surface area contributed by atoms with Crippen molar-refractivity contribution in [2.75, 3.05) is 31.1 Å². The van der Waals surface area contributed by atoms with Crippen molar-refractivity contribution in [3.63, 3.8) is 0 Å². The van der Waals surface area contributed by atoms with Crippen LogP contribution in [0, 0.1) is 5.92 Å². The van der Waals surface area contributed by atoms with E-state index < -0.39 is 5.91 Å². The summed E-state index contributed by atoms with van der Waals surface area (Å²) >= 11 is 0. The highest BCUT2D eigenvalue weighted by molar-refractivity contribution is 5.90. The molecule has 2 aliphatic rings. The lowest BCUT2D eigenvalue weighted by Gasteiger charge is -2.36. The van der Waals surface area contributed by atoms with E-state index in [2.05, 4.69) is 10.2 Å². The molecule has 0 atom stereocenters. The maximum Gasteiger partial charge on any atom is 0.269 e. The van der Waals surface area contributed by atoms with Gasteiger partial charge in [-0.05, 0) is 30.9 Å². The van der Waals surface area contributed by atoms with Gasteiger partial charge in [-0.25, -0.2) is 0 Å². The van der Waals surface area contributed by atoms with Crippen LogP contribution >= 0.6 is 0 Å². The van der Waals surface area contributed by atoms with Crippen LogP contribution in [0.1, 0.15) is 36.2 Å². The Morgan fingerprint density at radius 3 is 2.59 bits per heavy atom. The summed E-state index contributed by atoms with van der Waals surface area (Å²) in [6.45, 7) is 2.66. The van der Waals surface area contributed by atoms with Gasteiger partial charge in [0, 0.05) is 19.6 Å². The predicted molar refractivity (Wildman–Crippen MR) is 81.3 cm³/mol. The van der Waals surface area contributed by atoms with Crippen molar-refractivity contribution in [1.29, 1.82) is 0 Å². The number of nitrogens with zero attached hydrogens (tertiary/aromatic N) is 4. The Hall–Kier alpha value is -2.18. The van der Waals surface area contributed by atoms with Crippen molar-refractivity contribution in [3.8, 4) is 0 Å². The molecule has 1 saturated heterocycles. The van der Waals surface area contributed by atoms with E-state index in [1.807, 2.05) is 9.80 Å². The standard InChI is InChI=1S/C15H21N5O2/c16-15(22)12-5-6-13(18-17-12)19-7-8-20(14(21)10-19)9-11-3-1-2-4-11/h5-6,11H,1-4,7-10H2,(H2,16,22). The van der Waals surface area contributed by atoms with Gasteiger partial charge in [0.25, 0.3) is 5.91 Å². The summed E-state index contributed by atoms with van der Waals surface area (Å²) in [5.74, 6) is 0.819. The lowest BCUT2D eigenvalue weighted by molar-refractivity contribution is -0.131. The minimum Gasteiger partial charge on any atom is -0.364 e. The minimum atomic E-state index is -0.600. The van der Waals surface area contributed by atoms with E-state index >= 15 is 0 Å². The summed E-state index contributed by atoms with van der Waals surface area (Å²) in [7, 11) is 0. The second-order valence-corrected chi connectivity index (χ2v) is 6.05. The maximum absolute atomic E-state index is 12.3. The number of primary amides is 1. The number of carbonyl (C=O) groups is 2. The monoisotopic (exact) mass is 303 g/mol. The zero-order valence-electron chi connectivity index (χ0n) is 12.6. The average molecular weight is 303 g/mol. The van der Waals surface area contributed by atoms with Crippen molar-refractivity contribution in [3.05, 3.63) is 17.8 Å². The molecule has 2 amide bonds. The number of rotatable bonds is 4. The van der Waals surface area contributed by atoms with Gasteiger partial charge < -0.3 is 15.5 Å². The van der Waals surface area contributed by atoms with Gasteiger partial charge in [-0.3, -0.25) is 9.59 Å². The maximum atomic E-state index is 12.3. The summed E-state index contributed by atoms with van der Waals surface area (Å²) in [6, 6.07) is 3.23. The molecule has 0 unspecified atom stereocenters. The molecule has 0 spiro atoms. The van der Waals surface area contributed by atoms with Gasteiger partial charge in [0.15, 0.2) is 11.5 Å². The predicted octanol–water partition coefficient (Wildman–Crippen LogP) is 0.414. The Balaban J connectivity index is 1.59. The molecule has 1 saturated carbocycles. The molecule has 3 rings (SSSR count). The van der Waals surface area contributed by atoms with Crippen molar-refractivity contribution in [2.45, 2.75) is 25.7 Å². The molecular formula is C15H21N5O2. The molecule has 1 aromatic heterocycles. The normalized spacial score (nSPS) is 19.7.